The van der Waals surface area contributed by atoms with Gasteiger partial charge in [-0.1, -0.05) is 0 Å². The summed E-state index contributed by atoms with van der Waals surface area (Å²) in [5.74, 6) is 1.16. The van der Waals surface area contributed by atoms with Crippen LogP contribution in [0.5, 0.6) is 0 Å². The number of amides is 1. The van der Waals surface area contributed by atoms with Crippen LogP contribution in [0.25, 0.3) is 0 Å². The van der Waals surface area contributed by atoms with Gasteiger partial charge in [0.15, 0.2) is 0 Å². The molecule has 0 radical (unpaired) electrons. The van der Waals surface area contributed by atoms with Gasteiger partial charge < -0.3 is 10.2 Å². The maximum atomic E-state index is 12.2. The van der Waals surface area contributed by atoms with Gasteiger partial charge in [-0.25, -0.2) is 9.97 Å². The molecular weight excluding hydrogens is 276 g/mol. The topological polar surface area (TPSA) is 58.1 Å². The lowest BCUT2D eigenvalue weighted by molar-refractivity contribution is -0.126. The first-order chi connectivity index (χ1) is 10.5. The van der Waals surface area contributed by atoms with Crippen LogP contribution >= 0.6 is 0 Å². The number of nitrogens with one attached hydrogen (secondary N) is 1. The van der Waals surface area contributed by atoms with Gasteiger partial charge in [0.1, 0.15) is 5.82 Å². The van der Waals surface area contributed by atoms with Gasteiger partial charge in [0.05, 0.1) is 0 Å². The second-order valence-corrected chi connectivity index (χ2v) is 6.51. The van der Waals surface area contributed by atoms with Crippen LogP contribution in [0.15, 0.2) is 6.07 Å². The van der Waals surface area contributed by atoms with E-state index in [1.165, 1.54) is 0 Å². The van der Waals surface area contributed by atoms with Crippen molar-refractivity contribution in [3.63, 3.8) is 0 Å². The van der Waals surface area contributed by atoms with E-state index in [1.807, 2.05) is 19.9 Å². The van der Waals surface area contributed by atoms with E-state index in [9.17, 15) is 4.79 Å². The maximum Gasteiger partial charge on any atom is 0.223 e. The SMILES string of the molecule is Cc1cc(C)nc(CCNC(=O)C2CCN(C(C)C)CC2)n1. The van der Waals surface area contributed by atoms with Crippen LogP contribution in [0, 0.1) is 19.8 Å². The molecule has 0 bridgehead atoms. The number of carbonyl (C=O) groups excluding carboxylic acids is 1. The number of likely N-dealkylation sites (tertiary alicyclic amines) is 1. The second kappa shape index (κ2) is 7.68. The van der Waals surface area contributed by atoms with Crippen LogP contribution in [0.3, 0.4) is 0 Å². The zero-order valence-electron chi connectivity index (χ0n) is 14.2. The van der Waals surface area contributed by atoms with Gasteiger partial charge in [-0.05, 0) is 59.7 Å². The number of rotatable bonds is 5. The molecule has 1 fully saturated rings. The molecule has 1 saturated heterocycles. The zero-order chi connectivity index (χ0) is 16.1. The summed E-state index contributed by atoms with van der Waals surface area (Å²) in [6.45, 7) is 11.0. The van der Waals surface area contributed by atoms with Crippen molar-refractivity contribution in [2.75, 3.05) is 19.6 Å². The number of nitrogens with zero attached hydrogens (tertiary/aromatic N) is 3. The smallest absolute Gasteiger partial charge is 0.223 e. The molecule has 0 aromatic carbocycles. The average Bonchev–Trinajstić information content (AvgIpc) is 2.46. The molecule has 0 unspecified atom stereocenters. The van der Waals surface area contributed by atoms with E-state index in [1.54, 1.807) is 0 Å². The molecule has 5 heteroatoms. The summed E-state index contributed by atoms with van der Waals surface area (Å²) in [6.07, 6.45) is 2.62. The van der Waals surface area contributed by atoms with Crippen LogP contribution in [0.2, 0.25) is 0 Å². The van der Waals surface area contributed by atoms with Crippen molar-refractivity contribution in [3.8, 4) is 0 Å². The third kappa shape index (κ3) is 4.77. The zero-order valence-corrected chi connectivity index (χ0v) is 14.2. The summed E-state index contributed by atoms with van der Waals surface area (Å²) in [6, 6.07) is 2.54. The highest BCUT2D eigenvalue weighted by Gasteiger charge is 2.25. The van der Waals surface area contributed by atoms with Crippen LogP contribution in [-0.4, -0.2) is 46.5 Å². The molecule has 1 amide bonds. The van der Waals surface area contributed by atoms with Gasteiger partial charge >= 0.3 is 0 Å². The molecule has 0 saturated carbocycles. The van der Waals surface area contributed by atoms with E-state index in [2.05, 4.69) is 34.0 Å². The number of aryl methyl sites for hydroxylation is 2. The molecule has 5 nitrogen and oxygen atoms in total. The lowest BCUT2D eigenvalue weighted by atomic mass is 9.95. The van der Waals surface area contributed by atoms with Gasteiger partial charge in [-0.2, -0.15) is 0 Å². The largest absolute Gasteiger partial charge is 0.355 e. The molecule has 1 aliphatic heterocycles. The van der Waals surface area contributed by atoms with Crippen LogP contribution in [-0.2, 0) is 11.2 Å². The van der Waals surface area contributed by atoms with Gasteiger partial charge in [-0.15, -0.1) is 0 Å². The van der Waals surface area contributed by atoms with Crippen LogP contribution in [0.4, 0.5) is 0 Å². The first-order valence-corrected chi connectivity index (χ1v) is 8.28. The summed E-state index contributed by atoms with van der Waals surface area (Å²) < 4.78 is 0. The molecule has 1 aromatic rings. The Labute approximate surface area is 133 Å². The van der Waals surface area contributed by atoms with E-state index < -0.39 is 0 Å². The molecule has 0 atom stereocenters. The molecular formula is C17H28N4O. The first-order valence-electron chi connectivity index (χ1n) is 8.28. The molecule has 22 heavy (non-hydrogen) atoms. The summed E-state index contributed by atoms with van der Waals surface area (Å²) in [5, 5.41) is 3.05. The molecule has 2 rings (SSSR count). The van der Waals surface area contributed by atoms with E-state index >= 15 is 0 Å². The van der Waals surface area contributed by atoms with Crippen LogP contribution < -0.4 is 5.32 Å². The first kappa shape index (κ1) is 16.9. The minimum absolute atomic E-state index is 0.162. The number of carbonyl (C=O) groups is 1. The fraction of sp³-hybridized carbons (Fsp3) is 0.706. The Morgan fingerprint density at radius 3 is 2.41 bits per heavy atom. The van der Waals surface area contributed by atoms with Gasteiger partial charge in [0.2, 0.25) is 5.91 Å². The predicted molar refractivity (Wildman–Crippen MR) is 87.7 cm³/mol. The number of hydrogen-bond donors (Lipinski definition) is 1. The summed E-state index contributed by atoms with van der Waals surface area (Å²) >= 11 is 0. The minimum Gasteiger partial charge on any atom is -0.355 e. The van der Waals surface area contributed by atoms with E-state index in [0.717, 1.165) is 43.1 Å². The molecule has 2 heterocycles. The van der Waals surface area contributed by atoms with Crippen molar-refractivity contribution < 1.29 is 4.79 Å². The number of hydrogen-bond acceptors (Lipinski definition) is 4. The molecule has 1 aliphatic rings. The van der Waals surface area contributed by atoms with E-state index in [4.69, 9.17) is 0 Å². The Morgan fingerprint density at radius 2 is 1.86 bits per heavy atom. The highest BCUT2D eigenvalue weighted by molar-refractivity contribution is 5.78. The monoisotopic (exact) mass is 304 g/mol. The Morgan fingerprint density at radius 1 is 1.27 bits per heavy atom. The van der Waals surface area contributed by atoms with Gasteiger partial charge in [0.25, 0.3) is 0 Å². The highest BCUT2D eigenvalue weighted by Crippen LogP contribution is 2.18. The summed E-state index contributed by atoms with van der Waals surface area (Å²) in [5.41, 5.74) is 1.96. The quantitative estimate of drug-likeness (QED) is 0.902. The lowest BCUT2D eigenvalue weighted by Crippen LogP contribution is -2.43. The van der Waals surface area contributed by atoms with Crippen molar-refractivity contribution in [2.24, 2.45) is 5.92 Å². The molecule has 1 aromatic heterocycles. The fourth-order valence-electron chi connectivity index (χ4n) is 3.03. The lowest BCUT2D eigenvalue weighted by Gasteiger charge is -2.33. The van der Waals surface area contributed by atoms with Crippen molar-refractivity contribution >= 4 is 5.91 Å². The predicted octanol–water partition coefficient (Wildman–Crippen LogP) is 1.87. The standard InChI is InChI=1S/C17H28N4O/c1-12(2)21-9-6-15(7-10-21)17(22)18-8-5-16-19-13(3)11-14(4)20-16/h11-12,15H,5-10H2,1-4H3,(H,18,22). The number of piperidine rings is 1. The van der Waals surface area contributed by atoms with E-state index in [0.29, 0.717) is 19.0 Å². The molecule has 1 N–H and O–H groups in total. The van der Waals surface area contributed by atoms with Gasteiger partial charge in [0, 0.05) is 36.3 Å². The normalized spacial score (nSPS) is 17.0. The summed E-state index contributed by atoms with van der Waals surface area (Å²) in [4.78, 5) is 23.5. The van der Waals surface area contributed by atoms with Crippen molar-refractivity contribution in [1.82, 2.24) is 20.2 Å². The second-order valence-electron chi connectivity index (χ2n) is 6.51. The Hall–Kier alpha value is -1.49. The molecule has 0 aliphatic carbocycles. The van der Waals surface area contributed by atoms with E-state index in [-0.39, 0.29) is 11.8 Å². The highest BCUT2D eigenvalue weighted by atomic mass is 16.1. The Balaban J connectivity index is 1.74. The Kier molecular flexibility index (Phi) is 5.89. The molecule has 122 valence electrons. The molecule has 0 spiro atoms. The minimum atomic E-state index is 0.162. The third-order valence-corrected chi connectivity index (χ3v) is 4.31. The van der Waals surface area contributed by atoms with Crippen molar-refractivity contribution in [2.45, 2.75) is 53.0 Å². The van der Waals surface area contributed by atoms with Gasteiger partial charge in [-0.3, -0.25) is 4.79 Å². The van der Waals surface area contributed by atoms with Crippen molar-refractivity contribution in [1.29, 1.82) is 0 Å². The van der Waals surface area contributed by atoms with Crippen molar-refractivity contribution in [3.05, 3.63) is 23.3 Å². The fourth-order valence-corrected chi connectivity index (χ4v) is 3.03. The summed E-state index contributed by atoms with van der Waals surface area (Å²) in [7, 11) is 0. The average molecular weight is 304 g/mol. The number of aromatic nitrogens is 2. The van der Waals surface area contributed by atoms with Crippen LogP contribution in [0.1, 0.15) is 43.9 Å². The maximum absolute atomic E-state index is 12.2. The third-order valence-electron chi connectivity index (χ3n) is 4.31. The Bertz CT molecular complexity index is 487.